The van der Waals surface area contributed by atoms with Gasteiger partial charge >= 0.3 is 0 Å². The van der Waals surface area contributed by atoms with E-state index in [1.807, 2.05) is 31.2 Å². The van der Waals surface area contributed by atoms with E-state index in [0.29, 0.717) is 12.2 Å². The van der Waals surface area contributed by atoms with Gasteiger partial charge in [-0.3, -0.25) is 4.79 Å². The average Bonchev–Trinajstić information content (AvgIpc) is 2.94. The van der Waals surface area contributed by atoms with Crippen LogP contribution in [0.15, 0.2) is 24.3 Å². The third kappa shape index (κ3) is 3.82. The van der Waals surface area contributed by atoms with Crippen LogP contribution < -0.4 is 10.1 Å². The molecule has 0 heterocycles. The summed E-state index contributed by atoms with van der Waals surface area (Å²) in [6, 6.07) is 7.54. The molecular weight excluding hydrogens is 313 g/mol. The molecule has 1 aliphatic rings. The number of hydrogen-bond donors (Lipinski definition) is 2. The third-order valence-electron chi connectivity index (χ3n) is 3.69. The van der Waals surface area contributed by atoms with Crippen LogP contribution in [0.25, 0.3) is 0 Å². The van der Waals surface area contributed by atoms with E-state index in [1.54, 1.807) is 6.92 Å². The maximum absolute atomic E-state index is 11.9. The fourth-order valence-electron chi connectivity index (χ4n) is 2.01. The highest BCUT2D eigenvalue weighted by Crippen LogP contribution is 2.63. The molecule has 0 aliphatic heterocycles. The van der Waals surface area contributed by atoms with Crippen molar-refractivity contribution in [2.75, 3.05) is 13.2 Å². The SMILES string of the molecule is Cc1cccc(OC[C@@H](O)CNC(=O)[C@]2(C)CC2(Cl)Cl)c1. The van der Waals surface area contributed by atoms with E-state index in [-0.39, 0.29) is 19.1 Å². The summed E-state index contributed by atoms with van der Waals surface area (Å²) in [5.74, 6) is 0.442. The summed E-state index contributed by atoms with van der Waals surface area (Å²) in [6.45, 7) is 3.87. The number of hydrogen-bond acceptors (Lipinski definition) is 3. The Morgan fingerprint density at radius 2 is 2.19 bits per heavy atom. The molecular formula is C15H19Cl2NO3. The summed E-state index contributed by atoms with van der Waals surface area (Å²) in [7, 11) is 0. The number of aliphatic hydroxyl groups is 1. The van der Waals surface area contributed by atoms with Crippen LogP contribution >= 0.6 is 23.2 Å². The summed E-state index contributed by atoms with van der Waals surface area (Å²) in [5, 5.41) is 12.5. The molecule has 2 atom stereocenters. The predicted molar refractivity (Wildman–Crippen MR) is 82.9 cm³/mol. The van der Waals surface area contributed by atoms with Gasteiger partial charge in [0.15, 0.2) is 0 Å². The van der Waals surface area contributed by atoms with Gasteiger partial charge in [-0.15, -0.1) is 23.2 Å². The predicted octanol–water partition coefficient (Wildman–Crippen LogP) is 2.43. The van der Waals surface area contributed by atoms with Crippen LogP contribution in [-0.2, 0) is 4.79 Å². The molecule has 0 spiro atoms. The Labute approximate surface area is 134 Å². The molecule has 0 radical (unpaired) electrons. The first kappa shape index (κ1) is 16.4. The molecule has 0 aromatic heterocycles. The molecule has 1 aromatic carbocycles. The van der Waals surface area contributed by atoms with Crippen molar-refractivity contribution in [3.8, 4) is 5.75 Å². The standard InChI is InChI=1S/C15H19Cl2NO3/c1-10-4-3-5-12(6-10)21-8-11(19)7-18-13(20)14(2)9-15(14,16)17/h3-6,11,19H,7-9H2,1-2H3,(H,18,20)/t11-,14-/m0/s1. The Morgan fingerprint density at radius 1 is 1.52 bits per heavy atom. The number of rotatable bonds is 6. The van der Waals surface area contributed by atoms with Gasteiger partial charge in [0.25, 0.3) is 0 Å². The van der Waals surface area contributed by atoms with E-state index >= 15 is 0 Å². The van der Waals surface area contributed by atoms with Gasteiger partial charge in [0.05, 0.1) is 5.41 Å². The van der Waals surface area contributed by atoms with Crippen molar-refractivity contribution in [2.45, 2.75) is 30.7 Å². The topological polar surface area (TPSA) is 58.6 Å². The van der Waals surface area contributed by atoms with Gasteiger partial charge in [0.1, 0.15) is 22.8 Å². The lowest BCUT2D eigenvalue weighted by Crippen LogP contribution is -2.40. The van der Waals surface area contributed by atoms with Crippen molar-refractivity contribution < 1.29 is 14.6 Å². The molecule has 4 nitrogen and oxygen atoms in total. The van der Waals surface area contributed by atoms with E-state index in [1.165, 1.54) is 0 Å². The first-order chi connectivity index (χ1) is 9.74. The highest BCUT2D eigenvalue weighted by Gasteiger charge is 2.67. The highest BCUT2D eigenvalue weighted by molar-refractivity contribution is 6.53. The number of halogens is 2. The lowest BCUT2D eigenvalue weighted by atomic mass is 10.1. The zero-order valence-electron chi connectivity index (χ0n) is 12.0. The van der Waals surface area contributed by atoms with Crippen molar-refractivity contribution in [2.24, 2.45) is 5.41 Å². The molecule has 1 amide bonds. The molecule has 21 heavy (non-hydrogen) atoms. The minimum atomic E-state index is -1.000. The molecule has 1 aliphatic carbocycles. The minimum Gasteiger partial charge on any atom is -0.491 e. The largest absolute Gasteiger partial charge is 0.491 e. The number of benzene rings is 1. The average molecular weight is 332 g/mol. The number of aryl methyl sites for hydroxylation is 1. The van der Waals surface area contributed by atoms with Crippen LogP contribution in [-0.4, -0.2) is 34.6 Å². The molecule has 1 aromatic rings. The van der Waals surface area contributed by atoms with Crippen LogP contribution in [0.5, 0.6) is 5.75 Å². The lowest BCUT2D eigenvalue weighted by Gasteiger charge is -2.16. The number of ether oxygens (including phenoxy) is 1. The van der Waals surface area contributed by atoms with Crippen molar-refractivity contribution in [3.63, 3.8) is 0 Å². The smallest absolute Gasteiger partial charge is 0.229 e. The van der Waals surface area contributed by atoms with Crippen molar-refractivity contribution in [1.29, 1.82) is 0 Å². The van der Waals surface area contributed by atoms with Gasteiger partial charge in [-0.1, -0.05) is 12.1 Å². The zero-order valence-corrected chi connectivity index (χ0v) is 13.5. The normalized spacial score (nSPS) is 24.2. The monoisotopic (exact) mass is 331 g/mol. The van der Waals surface area contributed by atoms with Crippen molar-refractivity contribution in [1.82, 2.24) is 5.32 Å². The van der Waals surface area contributed by atoms with Crippen molar-refractivity contribution in [3.05, 3.63) is 29.8 Å². The summed E-state index contributed by atoms with van der Waals surface area (Å²) >= 11 is 11.9. The number of aliphatic hydroxyl groups excluding tert-OH is 1. The Kier molecular flexibility index (Phi) is 4.71. The maximum Gasteiger partial charge on any atom is 0.229 e. The fraction of sp³-hybridized carbons (Fsp3) is 0.533. The quantitative estimate of drug-likeness (QED) is 0.787. The second-order valence-corrected chi connectivity index (χ2v) is 7.19. The molecule has 2 rings (SSSR count). The molecule has 0 unspecified atom stereocenters. The van der Waals surface area contributed by atoms with Crippen molar-refractivity contribution >= 4 is 29.1 Å². The molecule has 1 fully saturated rings. The third-order valence-corrected chi connectivity index (χ3v) is 4.79. The molecule has 116 valence electrons. The van der Waals surface area contributed by atoms with E-state index in [0.717, 1.165) is 5.56 Å². The number of carbonyl (C=O) groups excluding carboxylic acids is 1. The van der Waals surface area contributed by atoms with Crippen LogP contribution in [0, 0.1) is 12.3 Å². The zero-order chi connectivity index (χ0) is 15.7. The van der Waals surface area contributed by atoms with Crippen LogP contribution in [0.1, 0.15) is 18.9 Å². The van der Waals surface area contributed by atoms with Gasteiger partial charge in [-0.25, -0.2) is 0 Å². The minimum absolute atomic E-state index is 0.101. The van der Waals surface area contributed by atoms with Gasteiger partial charge in [-0.2, -0.15) is 0 Å². The Bertz CT molecular complexity index is 535. The summed E-state index contributed by atoms with van der Waals surface area (Å²) in [6.07, 6.45) is -0.373. The van der Waals surface area contributed by atoms with Gasteiger partial charge in [0.2, 0.25) is 5.91 Å². The second kappa shape index (κ2) is 6.03. The maximum atomic E-state index is 11.9. The highest BCUT2D eigenvalue weighted by atomic mass is 35.5. The van der Waals surface area contributed by atoms with Gasteiger partial charge in [-0.05, 0) is 38.0 Å². The molecule has 1 saturated carbocycles. The number of alkyl halides is 2. The van der Waals surface area contributed by atoms with E-state index in [4.69, 9.17) is 27.9 Å². The summed E-state index contributed by atoms with van der Waals surface area (Å²) in [5.41, 5.74) is 0.310. The van der Waals surface area contributed by atoms with Gasteiger partial charge < -0.3 is 15.2 Å². The molecule has 6 heteroatoms. The summed E-state index contributed by atoms with van der Waals surface area (Å²) in [4.78, 5) is 11.9. The number of carbonyl (C=O) groups is 1. The Balaban J connectivity index is 1.73. The first-order valence-electron chi connectivity index (χ1n) is 6.78. The Hall–Kier alpha value is -0.970. The molecule has 0 saturated heterocycles. The van der Waals surface area contributed by atoms with Crippen LogP contribution in [0.4, 0.5) is 0 Å². The van der Waals surface area contributed by atoms with E-state index in [9.17, 15) is 9.90 Å². The van der Waals surface area contributed by atoms with Gasteiger partial charge in [0, 0.05) is 6.54 Å². The van der Waals surface area contributed by atoms with E-state index < -0.39 is 15.9 Å². The number of nitrogens with one attached hydrogen (secondary N) is 1. The second-order valence-electron chi connectivity index (χ2n) is 5.70. The molecule has 2 N–H and O–H groups in total. The van der Waals surface area contributed by atoms with Crippen LogP contribution in [0.2, 0.25) is 0 Å². The summed E-state index contributed by atoms with van der Waals surface area (Å²) < 4.78 is 4.47. The lowest BCUT2D eigenvalue weighted by molar-refractivity contribution is -0.126. The molecule has 0 bridgehead atoms. The Morgan fingerprint density at radius 3 is 2.76 bits per heavy atom. The van der Waals surface area contributed by atoms with Crippen LogP contribution in [0.3, 0.4) is 0 Å². The number of amides is 1. The first-order valence-corrected chi connectivity index (χ1v) is 7.54. The van der Waals surface area contributed by atoms with E-state index in [2.05, 4.69) is 5.32 Å². The fourth-order valence-corrected chi connectivity index (χ4v) is 2.71.